The third-order valence-electron chi connectivity index (χ3n) is 4.52. The molecule has 0 amide bonds. The van der Waals surface area contributed by atoms with E-state index in [2.05, 4.69) is 57.4 Å². The first-order valence-corrected chi connectivity index (χ1v) is 8.26. The highest BCUT2D eigenvalue weighted by Crippen LogP contribution is 2.24. The molecule has 1 aliphatic heterocycles. The average Bonchev–Trinajstić information content (AvgIpc) is 3.24. The van der Waals surface area contributed by atoms with Crippen LogP contribution in [-0.4, -0.2) is 54.9 Å². The fourth-order valence-corrected chi connectivity index (χ4v) is 3.36. The molecule has 2 heterocycles. The maximum atomic E-state index is 11.7. The topological polar surface area (TPSA) is 61.5 Å². The van der Waals surface area contributed by atoms with Crippen molar-refractivity contribution in [2.75, 3.05) is 38.7 Å². The van der Waals surface area contributed by atoms with Gasteiger partial charge in [0.2, 0.25) is 0 Å². The number of esters is 1. The number of rotatable bonds is 6. The van der Waals surface area contributed by atoms with Crippen LogP contribution in [0.1, 0.15) is 22.5 Å². The minimum absolute atomic E-state index is 0.369. The monoisotopic (exact) mass is 328 g/mol. The van der Waals surface area contributed by atoms with Gasteiger partial charge in [-0.1, -0.05) is 18.2 Å². The lowest BCUT2D eigenvalue weighted by molar-refractivity contribution is 0.0591. The van der Waals surface area contributed by atoms with Crippen molar-refractivity contribution in [2.45, 2.75) is 13.0 Å². The van der Waals surface area contributed by atoms with Gasteiger partial charge in [-0.25, -0.2) is 4.79 Å². The molecule has 0 bridgehead atoms. The SMILES string of the molecule is COC(=O)c1[nH]ncc1CN(C)C[C@@H]1CCN(c2ccccc2)C1. The molecule has 128 valence electrons. The Bertz CT molecular complexity index is 671. The van der Waals surface area contributed by atoms with E-state index in [-0.39, 0.29) is 5.97 Å². The van der Waals surface area contributed by atoms with E-state index in [1.165, 1.54) is 19.2 Å². The van der Waals surface area contributed by atoms with Crippen LogP contribution in [0, 0.1) is 5.92 Å². The fraction of sp³-hybridized carbons (Fsp3) is 0.444. The number of aromatic amines is 1. The van der Waals surface area contributed by atoms with E-state index < -0.39 is 0 Å². The van der Waals surface area contributed by atoms with Gasteiger partial charge < -0.3 is 14.5 Å². The molecule has 24 heavy (non-hydrogen) atoms. The number of nitrogens with zero attached hydrogens (tertiary/aromatic N) is 3. The molecule has 1 saturated heterocycles. The van der Waals surface area contributed by atoms with Crippen LogP contribution in [0.4, 0.5) is 5.69 Å². The molecule has 1 aromatic heterocycles. The summed E-state index contributed by atoms with van der Waals surface area (Å²) in [6, 6.07) is 10.6. The zero-order valence-electron chi connectivity index (χ0n) is 14.2. The summed E-state index contributed by atoms with van der Waals surface area (Å²) >= 11 is 0. The largest absolute Gasteiger partial charge is 0.464 e. The van der Waals surface area contributed by atoms with Gasteiger partial charge in [0.1, 0.15) is 5.69 Å². The maximum absolute atomic E-state index is 11.7. The Morgan fingerprint density at radius 2 is 2.21 bits per heavy atom. The number of para-hydroxylation sites is 1. The van der Waals surface area contributed by atoms with Crippen LogP contribution in [0.3, 0.4) is 0 Å². The van der Waals surface area contributed by atoms with Gasteiger partial charge in [-0.15, -0.1) is 0 Å². The molecule has 6 nitrogen and oxygen atoms in total. The Morgan fingerprint density at radius 1 is 1.42 bits per heavy atom. The van der Waals surface area contributed by atoms with E-state index in [9.17, 15) is 4.79 Å². The summed E-state index contributed by atoms with van der Waals surface area (Å²) in [5.41, 5.74) is 2.62. The molecule has 3 rings (SSSR count). The van der Waals surface area contributed by atoms with Crippen LogP contribution in [0.25, 0.3) is 0 Å². The number of H-pyrrole nitrogens is 1. The number of anilines is 1. The van der Waals surface area contributed by atoms with Crippen molar-refractivity contribution in [3.63, 3.8) is 0 Å². The molecule has 1 aliphatic rings. The average molecular weight is 328 g/mol. The third-order valence-corrected chi connectivity index (χ3v) is 4.52. The third kappa shape index (κ3) is 3.76. The lowest BCUT2D eigenvalue weighted by Crippen LogP contribution is -2.28. The van der Waals surface area contributed by atoms with E-state index >= 15 is 0 Å². The molecule has 1 aromatic carbocycles. The number of nitrogens with one attached hydrogen (secondary N) is 1. The highest BCUT2D eigenvalue weighted by Gasteiger charge is 2.24. The van der Waals surface area contributed by atoms with Gasteiger partial charge in [-0.3, -0.25) is 5.10 Å². The molecule has 6 heteroatoms. The quantitative estimate of drug-likeness (QED) is 0.823. The summed E-state index contributed by atoms with van der Waals surface area (Å²) in [5, 5.41) is 6.69. The van der Waals surface area contributed by atoms with Crippen LogP contribution in [0.2, 0.25) is 0 Å². The Labute approximate surface area is 142 Å². The number of ether oxygens (including phenoxy) is 1. The van der Waals surface area contributed by atoms with Crippen molar-refractivity contribution in [3.8, 4) is 0 Å². The molecular weight excluding hydrogens is 304 g/mol. The molecular formula is C18H24N4O2. The summed E-state index contributed by atoms with van der Waals surface area (Å²) < 4.78 is 4.78. The van der Waals surface area contributed by atoms with Gasteiger partial charge >= 0.3 is 5.97 Å². The lowest BCUT2D eigenvalue weighted by atomic mass is 10.1. The summed E-state index contributed by atoms with van der Waals surface area (Å²) in [6.45, 7) is 3.85. The number of benzene rings is 1. The summed E-state index contributed by atoms with van der Waals surface area (Å²) in [4.78, 5) is 16.4. The van der Waals surface area contributed by atoms with Crippen molar-refractivity contribution in [2.24, 2.45) is 5.92 Å². The standard InChI is InChI=1S/C18H24N4O2/c1-21(13-15-10-19-20-17(15)18(23)24-2)11-14-8-9-22(12-14)16-6-4-3-5-7-16/h3-7,10,14H,8-9,11-13H2,1-2H3,(H,19,20)/t14-/m0/s1. The Morgan fingerprint density at radius 3 is 2.96 bits per heavy atom. The van der Waals surface area contributed by atoms with Crippen molar-refractivity contribution in [3.05, 3.63) is 47.8 Å². The van der Waals surface area contributed by atoms with E-state index in [1.807, 2.05) is 0 Å². The Balaban J connectivity index is 1.54. The molecule has 0 saturated carbocycles. The second kappa shape index (κ2) is 7.49. The van der Waals surface area contributed by atoms with Crippen molar-refractivity contribution < 1.29 is 9.53 Å². The van der Waals surface area contributed by atoms with Gasteiger partial charge in [0.25, 0.3) is 0 Å². The van der Waals surface area contributed by atoms with E-state index in [1.54, 1.807) is 6.20 Å². The molecule has 2 aromatic rings. The lowest BCUT2D eigenvalue weighted by Gasteiger charge is -2.22. The highest BCUT2D eigenvalue weighted by molar-refractivity contribution is 5.88. The van der Waals surface area contributed by atoms with Crippen LogP contribution in [0.5, 0.6) is 0 Å². The van der Waals surface area contributed by atoms with Gasteiger partial charge in [-0.05, 0) is 31.5 Å². The van der Waals surface area contributed by atoms with E-state index in [4.69, 9.17) is 4.74 Å². The number of hydrogen-bond acceptors (Lipinski definition) is 5. The summed E-state index contributed by atoms with van der Waals surface area (Å²) in [6.07, 6.45) is 2.89. The van der Waals surface area contributed by atoms with E-state index in [0.29, 0.717) is 18.2 Å². The molecule has 0 unspecified atom stereocenters. The molecule has 0 radical (unpaired) electrons. The maximum Gasteiger partial charge on any atom is 0.356 e. The molecule has 1 atom stereocenters. The first-order valence-electron chi connectivity index (χ1n) is 8.26. The predicted molar refractivity (Wildman–Crippen MR) is 93.0 cm³/mol. The second-order valence-corrected chi connectivity index (χ2v) is 6.39. The smallest absolute Gasteiger partial charge is 0.356 e. The first kappa shape index (κ1) is 16.5. The number of methoxy groups -OCH3 is 1. The van der Waals surface area contributed by atoms with Crippen LogP contribution >= 0.6 is 0 Å². The fourth-order valence-electron chi connectivity index (χ4n) is 3.36. The van der Waals surface area contributed by atoms with Gasteiger partial charge in [0, 0.05) is 37.4 Å². The summed E-state index contributed by atoms with van der Waals surface area (Å²) in [7, 11) is 3.46. The van der Waals surface area contributed by atoms with Crippen LogP contribution in [0.15, 0.2) is 36.5 Å². The Hall–Kier alpha value is -2.34. The van der Waals surface area contributed by atoms with Crippen LogP contribution < -0.4 is 4.90 Å². The number of hydrogen-bond donors (Lipinski definition) is 1. The van der Waals surface area contributed by atoms with E-state index in [0.717, 1.165) is 25.2 Å². The Kier molecular flexibility index (Phi) is 5.15. The molecule has 1 fully saturated rings. The normalized spacial score (nSPS) is 17.5. The second-order valence-electron chi connectivity index (χ2n) is 6.39. The molecule has 0 aliphatic carbocycles. The molecule has 0 spiro atoms. The highest BCUT2D eigenvalue weighted by atomic mass is 16.5. The minimum Gasteiger partial charge on any atom is -0.464 e. The van der Waals surface area contributed by atoms with Gasteiger partial charge in [-0.2, -0.15) is 5.10 Å². The zero-order valence-corrected chi connectivity index (χ0v) is 14.2. The van der Waals surface area contributed by atoms with Crippen LogP contribution in [-0.2, 0) is 11.3 Å². The van der Waals surface area contributed by atoms with Crippen molar-refractivity contribution >= 4 is 11.7 Å². The predicted octanol–water partition coefficient (Wildman–Crippen LogP) is 2.15. The first-order chi connectivity index (χ1) is 11.7. The number of carbonyl (C=O) groups excluding carboxylic acids is 1. The number of aromatic nitrogens is 2. The van der Waals surface area contributed by atoms with Crippen molar-refractivity contribution in [1.82, 2.24) is 15.1 Å². The molecule has 1 N–H and O–H groups in total. The summed E-state index contributed by atoms with van der Waals surface area (Å²) in [5.74, 6) is 0.260. The zero-order chi connectivity index (χ0) is 16.9. The van der Waals surface area contributed by atoms with Crippen molar-refractivity contribution in [1.29, 1.82) is 0 Å². The minimum atomic E-state index is -0.369. The van der Waals surface area contributed by atoms with Gasteiger partial charge in [0.15, 0.2) is 0 Å². The number of carbonyl (C=O) groups is 1. The van der Waals surface area contributed by atoms with Gasteiger partial charge in [0.05, 0.1) is 13.3 Å².